The van der Waals surface area contributed by atoms with E-state index in [0.29, 0.717) is 0 Å². The Morgan fingerprint density at radius 2 is 1.00 bits per heavy atom. The minimum Gasteiger partial charge on any atom is -0.0843 e. The van der Waals surface area contributed by atoms with E-state index in [1.54, 1.807) is 0 Å². The molecule has 33 heavy (non-hydrogen) atoms. The third kappa shape index (κ3) is 2.42. The molecule has 0 aliphatic heterocycles. The topological polar surface area (TPSA) is 0 Å². The van der Waals surface area contributed by atoms with Crippen molar-refractivity contribution < 1.29 is 0 Å². The van der Waals surface area contributed by atoms with Crippen LogP contribution in [0.4, 0.5) is 0 Å². The van der Waals surface area contributed by atoms with Crippen molar-refractivity contribution in [2.24, 2.45) is 0 Å². The van der Waals surface area contributed by atoms with Crippen LogP contribution in [0.2, 0.25) is 5.02 Å². The van der Waals surface area contributed by atoms with Gasteiger partial charge in [0.1, 0.15) is 0 Å². The van der Waals surface area contributed by atoms with E-state index >= 15 is 0 Å². The Hall–Kier alpha value is -3.13. The van der Waals surface area contributed by atoms with Gasteiger partial charge in [-0.15, -0.1) is 0 Å². The highest BCUT2D eigenvalue weighted by atomic mass is 79.9. The van der Waals surface area contributed by atoms with E-state index < -0.39 is 0 Å². The normalized spacial score (nSPS) is 14.0. The van der Waals surface area contributed by atoms with Crippen molar-refractivity contribution in [2.45, 2.75) is 5.41 Å². The van der Waals surface area contributed by atoms with E-state index in [1.165, 1.54) is 50.1 Å². The molecule has 5 aromatic rings. The second kappa shape index (κ2) is 6.93. The molecule has 0 aromatic heterocycles. The van der Waals surface area contributed by atoms with Crippen molar-refractivity contribution in [1.29, 1.82) is 0 Å². The average Bonchev–Trinajstić information content (AvgIpc) is 3.33. The van der Waals surface area contributed by atoms with Gasteiger partial charge in [0.25, 0.3) is 0 Å². The molecule has 0 N–H and O–H groups in total. The van der Waals surface area contributed by atoms with E-state index in [-0.39, 0.29) is 5.41 Å². The van der Waals surface area contributed by atoms with Crippen LogP contribution >= 0.6 is 27.5 Å². The number of rotatable bonds is 1. The third-order valence-electron chi connectivity index (χ3n) is 7.24. The SMILES string of the molecule is Clc1ccc(Br)c(-c2cccc3c2-c2ccccc2C32c3ccccc3-c3ccccc32)c1. The quantitative estimate of drug-likeness (QED) is 0.209. The van der Waals surface area contributed by atoms with Crippen LogP contribution in [-0.4, -0.2) is 0 Å². The van der Waals surface area contributed by atoms with Gasteiger partial charge in [0, 0.05) is 9.50 Å². The molecule has 2 aliphatic carbocycles. The Morgan fingerprint density at radius 3 is 1.67 bits per heavy atom. The molecule has 0 radical (unpaired) electrons. The molecular weight excluding hydrogens is 488 g/mol. The molecule has 0 nitrogen and oxygen atoms in total. The van der Waals surface area contributed by atoms with Gasteiger partial charge in [0.15, 0.2) is 0 Å². The van der Waals surface area contributed by atoms with Gasteiger partial charge in [-0.3, -0.25) is 0 Å². The van der Waals surface area contributed by atoms with Gasteiger partial charge in [-0.05, 0) is 73.8 Å². The molecule has 2 heteroatoms. The fraction of sp³-hybridized carbons (Fsp3) is 0.0323. The van der Waals surface area contributed by atoms with Crippen molar-refractivity contribution in [2.75, 3.05) is 0 Å². The number of halogens is 2. The summed E-state index contributed by atoms with van der Waals surface area (Å²) in [5.74, 6) is 0. The molecule has 7 rings (SSSR count). The van der Waals surface area contributed by atoms with Crippen LogP contribution in [0.1, 0.15) is 22.3 Å². The first-order valence-electron chi connectivity index (χ1n) is 11.1. The zero-order chi connectivity index (χ0) is 22.2. The summed E-state index contributed by atoms with van der Waals surface area (Å²) in [6.07, 6.45) is 0. The Bertz CT molecular complexity index is 1550. The largest absolute Gasteiger partial charge is 0.0843 e. The smallest absolute Gasteiger partial charge is 0.0725 e. The van der Waals surface area contributed by atoms with Crippen molar-refractivity contribution in [3.8, 4) is 33.4 Å². The minimum absolute atomic E-state index is 0.319. The van der Waals surface area contributed by atoms with E-state index in [2.05, 4.69) is 113 Å². The Balaban J connectivity index is 1.67. The van der Waals surface area contributed by atoms with Crippen molar-refractivity contribution in [3.63, 3.8) is 0 Å². The Kier molecular flexibility index (Phi) is 4.07. The van der Waals surface area contributed by atoms with Crippen LogP contribution in [0.15, 0.2) is 114 Å². The Labute approximate surface area is 206 Å². The van der Waals surface area contributed by atoms with E-state index in [4.69, 9.17) is 11.6 Å². The lowest BCUT2D eigenvalue weighted by molar-refractivity contribution is 0.794. The van der Waals surface area contributed by atoms with Crippen LogP contribution in [0, 0.1) is 0 Å². The lowest BCUT2D eigenvalue weighted by Gasteiger charge is -2.30. The lowest BCUT2D eigenvalue weighted by Crippen LogP contribution is -2.25. The fourth-order valence-corrected chi connectivity index (χ4v) is 6.70. The molecule has 2 aliphatic rings. The van der Waals surface area contributed by atoms with E-state index in [9.17, 15) is 0 Å². The fourth-order valence-electron chi connectivity index (χ4n) is 6.07. The maximum absolute atomic E-state index is 6.45. The second-order valence-electron chi connectivity index (χ2n) is 8.74. The second-order valence-corrected chi connectivity index (χ2v) is 10.0. The van der Waals surface area contributed by atoms with E-state index in [1.807, 2.05) is 12.1 Å². The molecule has 0 bridgehead atoms. The molecule has 0 unspecified atom stereocenters. The molecule has 0 heterocycles. The Morgan fingerprint density at radius 1 is 0.485 bits per heavy atom. The number of fused-ring (bicyclic) bond motifs is 10. The predicted octanol–water partition coefficient (Wildman–Crippen LogP) is 9.11. The first-order valence-corrected chi connectivity index (χ1v) is 12.3. The molecule has 1 spiro atoms. The highest BCUT2D eigenvalue weighted by Gasteiger charge is 2.51. The molecule has 0 fully saturated rings. The number of hydrogen-bond donors (Lipinski definition) is 0. The van der Waals surface area contributed by atoms with Gasteiger partial charge >= 0.3 is 0 Å². The molecule has 0 atom stereocenters. The number of benzene rings is 5. The maximum Gasteiger partial charge on any atom is 0.0725 e. The third-order valence-corrected chi connectivity index (χ3v) is 8.17. The molecule has 0 saturated carbocycles. The van der Waals surface area contributed by atoms with Crippen molar-refractivity contribution >= 4 is 27.5 Å². The van der Waals surface area contributed by atoms with Gasteiger partial charge in [-0.1, -0.05) is 119 Å². The molecule has 0 saturated heterocycles. The van der Waals surface area contributed by atoms with Crippen LogP contribution < -0.4 is 0 Å². The zero-order valence-electron chi connectivity index (χ0n) is 17.6. The van der Waals surface area contributed by atoms with Gasteiger partial charge in [0.05, 0.1) is 5.41 Å². The summed E-state index contributed by atoms with van der Waals surface area (Å²) >= 11 is 10.2. The highest BCUT2D eigenvalue weighted by Crippen LogP contribution is 2.64. The van der Waals surface area contributed by atoms with Crippen LogP contribution in [0.25, 0.3) is 33.4 Å². The summed E-state index contributed by atoms with van der Waals surface area (Å²) in [5, 5.41) is 0.739. The first kappa shape index (κ1) is 19.3. The van der Waals surface area contributed by atoms with Gasteiger partial charge < -0.3 is 0 Å². The average molecular weight is 506 g/mol. The highest BCUT2D eigenvalue weighted by molar-refractivity contribution is 9.10. The zero-order valence-corrected chi connectivity index (χ0v) is 20.0. The predicted molar refractivity (Wildman–Crippen MR) is 141 cm³/mol. The van der Waals surface area contributed by atoms with Crippen LogP contribution in [-0.2, 0) is 5.41 Å². The van der Waals surface area contributed by atoms with Gasteiger partial charge in [-0.25, -0.2) is 0 Å². The summed E-state index contributed by atoms with van der Waals surface area (Å²) in [6, 6.07) is 39.4. The summed E-state index contributed by atoms with van der Waals surface area (Å²) in [4.78, 5) is 0. The summed E-state index contributed by atoms with van der Waals surface area (Å²) in [6.45, 7) is 0. The van der Waals surface area contributed by atoms with Crippen LogP contribution in [0.3, 0.4) is 0 Å². The van der Waals surface area contributed by atoms with Crippen molar-refractivity contribution in [1.82, 2.24) is 0 Å². The number of hydrogen-bond acceptors (Lipinski definition) is 0. The molecule has 0 amide bonds. The minimum atomic E-state index is -0.319. The maximum atomic E-state index is 6.45. The molecular formula is C31H18BrCl. The molecule has 156 valence electrons. The van der Waals surface area contributed by atoms with Crippen LogP contribution in [0.5, 0.6) is 0 Å². The van der Waals surface area contributed by atoms with Crippen molar-refractivity contribution in [3.05, 3.63) is 141 Å². The van der Waals surface area contributed by atoms with Gasteiger partial charge in [0.2, 0.25) is 0 Å². The summed E-state index contributed by atoms with van der Waals surface area (Å²) in [7, 11) is 0. The van der Waals surface area contributed by atoms with E-state index in [0.717, 1.165) is 15.1 Å². The lowest BCUT2D eigenvalue weighted by atomic mass is 9.70. The monoisotopic (exact) mass is 504 g/mol. The first-order chi connectivity index (χ1) is 16.2. The standard InChI is InChI=1S/C31H18BrCl/c32-29-17-16-19(33)18-24(29)22-11-7-15-28-30(22)23-10-3-6-14-27(23)31(28)25-12-4-1-8-20(25)21-9-2-5-13-26(21)31/h1-18H. The molecule has 5 aromatic carbocycles. The van der Waals surface area contributed by atoms with Gasteiger partial charge in [-0.2, -0.15) is 0 Å². The summed E-state index contributed by atoms with van der Waals surface area (Å²) < 4.78 is 1.05. The summed E-state index contributed by atoms with van der Waals surface area (Å²) in [5.41, 5.74) is 12.6.